The van der Waals surface area contributed by atoms with Gasteiger partial charge in [0, 0.05) is 29.0 Å². The molecule has 0 fully saturated rings. The second kappa shape index (κ2) is 8.53. The molecule has 4 aromatic rings. The predicted molar refractivity (Wildman–Crippen MR) is 124 cm³/mol. The van der Waals surface area contributed by atoms with Crippen LogP contribution in [0.2, 0.25) is 0 Å². The van der Waals surface area contributed by atoms with Gasteiger partial charge in [0.05, 0.1) is 42.6 Å². The molecule has 2 aromatic carbocycles. The summed E-state index contributed by atoms with van der Waals surface area (Å²) < 4.78 is 7.32. The van der Waals surface area contributed by atoms with Gasteiger partial charge in [-0.15, -0.1) is 11.3 Å². The van der Waals surface area contributed by atoms with Gasteiger partial charge in [0.15, 0.2) is 0 Å². The van der Waals surface area contributed by atoms with Gasteiger partial charge < -0.3 is 4.74 Å². The minimum atomic E-state index is -0.103. The molecule has 156 valence electrons. The molecule has 0 radical (unpaired) electrons. The van der Waals surface area contributed by atoms with Crippen molar-refractivity contribution in [1.82, 2.24) is 14.8 Å². The minimum absolute atomic E-state index is 0.0279. The van der Waals surface area contributed by atoms with Gasteiger partial charge in [-0.2, -0.15) is 5.10 Å². The Morgan fingerprint density at radius 2 is 1.94 bits per heavy atom. The van der Waals surface area contributed by atoms with Crippen molar-refractivity contribution in [3.8, 4) is 11.3 Å². The van der Waals surface area contributed by atoms with Crippen LogP contribution in [0.15, 0.2) is 63.7 Å². The maximum Gasteiger partial charge on any atom is 0.275 e. The van der Waals surface area contributed by atoms with E-state index in [0.29, 0.717) is 31.5 Å². The molecule has 0 saturated heterocycles. The molecule has 0 aliphatic carbocycles. The van der Waals surface area contributed by atoms with E-state index in [-0.39, 0.29) is 11.7 Å². The van der Waals surface area contributed by atoms with E-state index in [2.05, 4.69) is 36.2 Å². The molecule has 0 amide bonds. The van der Waals surface area contributed by atoms with Crippen molar-refractivity contribution in [2.24, 2.45) is 4.99 Å². The van der Waals surface area contributed by atoms with Crippen LogP contribution in [0.4, 0.5) is 0 Å². The summed E-state index contributed by atoms with van der Waals surface area (Å²) in [5.74, 6) is 0. The summed E-state index contributed by atoms with van der Waals surface area (Å²) in [6.45, 7) is 3.54. The molecule has 7 heteroatoms. The van der Waals surface area contributed by atoms with Gasteiger partial charge in [0.25, 0.3) is 5.56 Å². The number of hydrogen-bond donors (Lipinski definition) is 0. The topological polar surface area (TPSA) is 69.4 Å². The summed E-state index contributed by atoms with van der Waals surface area (Å²) in [4.78, 5) is 22.2. The van der Waals surface area contributed by atoms with Crippen LogP contribution in [0.25, 0.3) is 22.0 Å². The van der Waals surface area contributed by atoms with E-state index in [1.807, 2.05) is 29.6 Å². The van der Waals surface area contributed by atoms with Crippen LogP contribution < -0.4 is 5.56 Å². The van der Waals surface area contributed by atoms with E-state index in [1.165, 1.54) is 10.2 Å². The largest absolute Gasteiger partial charge is 0.370 e. The Kier molecular flexibility index (Phi) is 5.44. The first-order chi connectivity index (χ1) is 15.2. The molecule has 0 saturated carbocycles. The highest BCUT2D eigenvalue weighted by Gasteiger charge is 2.18. The van der Waals surface area contributed by atoms with Gasteiger partial charge in [-0.25, -0.2) is 9.67 Å². The number of thiazole rings is 1. The lowest BCUT2D eigenvalue weighted by molar-refractivity contribution is 0.0819. The third-order valence-corrected chi connectivity index (χ3v) is 6.23. The van der Waals surface area contributed by atoms with Crippen LogP contribution in [-0.4, -0.2) is 40.2 Å². The Labute approximate surface area is 183 Å². The highest BCUT2D eigenvalue weighted by Crippen LogP contribution is 2.23. The number of aryl methyl sites for hydroxylation is 1. The Bertz CT molecular complexity index is 1310. The predicted octanol–water partition coefficient (Wildman–Crippen LogP) is 3.89. The number of ether oxygens (including phenoxy) is 1. The Morgan fingerprint density at radius 3 is 2.71 bits per heavy atom. The Hall–Kier alpha value is -3.16. The van der Waals surface area contributed by atoms with Gasteiger partial charge in [-0.1, -0.05) is 48.0 Å². The second-order valence-corrected chi connectivity index (χ2v) is 8.60. The maximum absolute atomic E-state index is 13.1. The first kappa shape index (κ1) is 19.8. The summed E-state index contributed by atoms with van der Waals surface area (Å²) in [5, 5.41) is 9.15. The standard InChI is InChI=1S/C24H22N4O2S/c1-16-6-8-17(9-7-16)22-15-31-23(26-22)14-28-24(29)20-5-3-2-4-19(20)21(27-28)12-18-13-25-10-11-30-18/h2-10,15,18H,11-14H2,1H3. The van der Waals surface area contributed by atoms with Crippen LogP contribution in [0.1, 0.15) is 16.3 Å². The van der Waals surface area contributed by atoms with Crippen molar-refractivity contribution in [2.45, 2.75) is 26.0 Å². The molecule has 1 aliphatic heterocycles. The van der Waals surface area contributed by atoms with Crippen molar-refractivity contribution in [3.63, 3.8) is 0 Å². The summed E-state index contributed by atoms with van der Waals surface area (Å²) in [7, 11) is 0. The lowest BCUT2D eigenvalue weighted by atomic mass is 10.1. The fraction of sp³-hybridized carbons (Fsp3) is 0.250. The van der Waals surface area contributed by atoms with E-state index in [9.17, 15) is 4.79 Å². The lowest BCUT2D eigenvalue weighted by Gasteiger charge is -2.19. The van der Waals surface area contributed by atoms with Crippen LogP contribution in [0.5, 0.6) is 0 Å². The zero-order valence-electron chi connectivity index (χ0n) is 17.2. The lowest BCUT2D eigenvalue weighted by Crippen LogP contribution is -2.29. The number of benzene rings is 2. The molecule has 1 atom stereocenters. The highest BCUT2D eigenvalue weighted by molar-refractivity contribution is 7.09. The third kappa shape index (κ3) is 4.19. The van der Waals surface area contributed by atoms with E-state index >= 15 is 0 Å². The van der Waals surface area contributed by atoms with Crippen LogP contribution >= 0.6 is 11.3 Å². The molecule has 1 unspecified atom stereocenters. The van der Waals surface area contributed by atoms with E-state index in [1.54, 1.807) is 17.6 Å². The van der Waals surface area contributed by atoms with E-state index < -0.39 is 0 Å². The summed E-state index contributed by atoms with van der Waals surface area (Å²) in [6.07, 6.45) is 2.38. The van der Waals surface area contributed by atoms with Crippen molar-refractivity contribution < 1.29 is 4.74 Å². The van der Waals surface area contributed by atoms with Crippen molar-refractivity contribution in [1.29, 1.82) is 0 Å². The fourth-order valence-corrected chi connectivity index (χ4v) is 4.53. The van der Waals surface area contributed by atoms with Crippen molar-refractivity contribution in [2.75, 3.05) is 13.2 Å². The number of aromatic nitrogens is 3. The molecule has 0 bridgehead atoms. The van der Waals surface area contributed by atoms with Gasteiger partial charge in [-0.3, -0.25) is 9.79 Å². The average Bonchev–Trinajstić information content (AvgIpc) is 3.27. The smallest absolute Gasteiger partial charge is 0.275 e. The van der Waals surface area contributed by atoms with Gasteiger partial charge in [-0.05, 0) is 13.0 Å². The molecular formula is C24H22N4O2S. The molecule has 31 heavy (non-hydrogen) atoms. The van der Waals surface area contributed by atoms with Crippen molar-refractivity contribution in [3.05, 3.63) is 80.5 Å². The summed E-state index contributed by atoms with van der Waals surface area (Å²) >= 11 is 1.54. The summed E-state index contributed by atoms with van der Waals surface area (Å²) in [6, 6.07) is 15.9. The van der Waals surface area contributed by atoms with E-state index in [4.69, 9.17) is 14.8 Å². The second-order valence-electron chi connectivity index (χ2n) is 7.65. The monoisotopic (exact) mass is 430 g/mol. The first-order valence-electron chi connectivity index (χ1n) is 10.3. The first-order valence-corrected chi connectivity index (χ1v) is 11.2. The molecule has 6 nitrogen and oxygen atoms in total. The van der Waals surface area contributed by atoms with Crippen LogP contribution in [-0.2, 0) is 17.7 Å². The number of hydrogen-bond acceptors (Lipinski definition) is 6. The minimum Gasteiger partial charge on any atom is -0.370 e. The van der Waals surface area contributed by atoms with Crippen molar-refractivity contribution >= 4 is 28.3 Å². The Balaban J connectivity index is 1.48. The molecule has 5 rings (SSSR count). The zero-order chi connectivity index (χ0) is 21.2. The Morgan fingerprint density at radius 1 is 1.13 bits per heavy atom. The number of rotatable bonds is 5. The average molecular weight is 431 g/mol. The van der Waals surface area contributed by atoms with Gasteiger partial charge in [0.2, 0.25) is 0 Å². The quantitative estimate of drug-likeness (QED) is 0.482. The SMILES string of the molecule is Cc1ccc(-c2csc(Cn3nc(CC4CN=CCO4)c4ccccc4c3=O)n2)cc1. The summed E-state index contributed by atoms with van der Waals surface area (Å²) in [5.41, 5.74) is 3.96. The van der Waals surface area contributed by atoms with Crippen LogP contribution in [0, 0.1) is 6.92 Å². The van der Waals surface area contributed by atoms with E-state index in [0.717, 1.165) is 27.3 Å². The number of aliphatic imine (C=N–C) groups is 1. The molecule has 2 aromatic heterocycles. The zero-order valence-corrected chi connectivity index (χ0v) is 18.0. The molecule has 1 aliphatic rings. The number of nitrogens with zero attached hydrogens (tertiary/aromatic N) is 4. The van der Waals surface area contributed by atoms with Crippen LogP contribution in [0.3, 0.4) is 0 Å². The molecule has 0 N–H and O–H groups in total. The molecule has 3 heterocycles. The molecule has 0 spiro atoms. The molecular weight excluding hydrogens is 408 g/mol. The third-order valence-electron chi connectivity index (χ3n) is 5.39. The van der Waals surface area contributed by atoms with Gasteiger partial charge in [0.1, 0.15) is 5.01 Å². The highest BCUT2D eigenvalue weighted by atomic mass is 32.1. The van der Waals surface area contributed by atoms with Gasteiger partial charge >= 0.3 is 0 Å². The maximum atomic E-state index is 13.1. The normalized spacial score (nSPS) is 16.1. The fourth-order valence-electron chi connectivity index (χ4n) is 3.75. The number of fused-ring (bicyclic) bond motifs is 1.